The second-order valence-corrected chi connectivity index (χ2v) is 4.61. The number of aldehydes is 1. The third-order valence-corrected chi connectivity index (χ3v) is 2.94. The van der Waals surface area contributed by atoms with Crippen molar-refractivity contribution in [2.75, 3.05) is 0 Å². The summed E-state index contributed by atoms with van der Waals surface area (Å²) in [5.41, 5.74) is 1.75. The van der Waals surface area contributed by atoms with Gasteiger partial charge in [0.15, 0.2) is 17.8 Å². The Balaban J connectivity index is 0.000000229. The molecule has 0 aliphatic carbocycles. The van der Waals surface area contributed by atoms with Crippen LogP contribution in [0.1, 0.15) is 26.5 Å². The summed E-state index contributed by atoms with van der Waals surface area (Å²) in [6, 6.07) is 22.3. The first-order valence-corrected chi connectivity index (χ1v) is 7.11. The van der Waals surface area contributed by atoms with E-state index >= 15 is 0 Å². The van der Waals surface area contributed by atoms with E-state index in [1.54, 1.807) is 18.2 Å². The van der Waals surface area contributed by atoms with Crippen LogP contribution >= 0.6 is 0 Å². The fourth-order valence-electron chi connectivity index (χ4n) is 1.79. The fourth-order valence-corrected chi connectivity index (χ4v) is 1.79. The molecule has 0 unspecified atom stereocenters. The van der Waals surface area contributed by atoms with Gasteiger partial charge in [-0.2, -0.15) is 0 Å². The Bertz CT molecular complexity index is 742. The average molecular weight is 304 g/mol. The van der Waals surface area contributed by atoms with Crippen LogP contribution in [0, 0.1) is 0 Å². The molecule has 3 rings (SSSR count). The first-order valence-electron chi connectivity index (χ1n) is 7.11. The molecule has 0 N–H and O–H groups in total. The highest BCUT2D eigenvalue weighted by Gasteiger charge is 1.98. The maximum Gasteiger partial charge on any atom is 0.185 e. The van der Waals surface area contributed by atoms with Gasteiger partial charge in [0.05, 0.1) is 6.26 Å². The molecule has 0 amide bonds. The molecular weight excluding hydrogens is 288 g/mol. The number of furan rings is 1. The van der Waals surface area contributed by atoms with Crippen molar-refractivity contribution < 1.29 is 14.0 Å². The van der Waals surface area contributed by atoms with Gasteiger partial charge in [0.2, 0.25) is 0 Å². The number of carbonyl (C=O) groups excluding carboxylic acids is 2. The highest BCUT2D eigenvalue weighted by atomic mass is 16.3. The zero-order valence-corrected chi connectivity index (χ0v) is 12.5. The normalized spacial score (nSPS) is 9.91. The Kier molecular flexibility index (Phi) is 6.29. The monoisotopic (exact) mass is 304 g/mol. The van der Waals surface area contributed by atoms with Crippen molar-refractivity contribution in [1.82, 2.24) is 0 Å². The molecule has 0 atom stereocenters. The smallest absolute Gasteiger partial charge is 0.185 e. The quantitative estimate of drug-likeness (QED) is 0.399. The lowest BCUT2D eigenvalue weighted by atomic mass is 10.1. The SMILES string of the molecule is O=C(C=Cc1ccccc1)c1ccccc1.O=Cc1ccco1. The Morgan fingerprint density at radius 2 is 1.48 bits per heavy atom. The topological polar surface area (TPSA) is 47.3 Å². The van der Waals surface area contributed by atoms with E-state index in [-0.39, 0.29) is 5.78 Å². The van der Waals surface area contributed by atoms with E-state index in [0.29, 0.717) is 12.0 Å². The van der Waals surface area contributed by atoms with Crippen LogP contribution in [0.15, 0.2) is 89.6 Å². The third-order valence-electron chi connectivity index (χ3n) is 2.94. The van der Waals surface area contributed by atoms with Crippen molar-refractivity contribution in [2.45, 2.75) is 0 Å². The standard InChI is InChI=1S/C15H12O.C5H4O2/c16-15(14-9-5-2-6-10-14)12-11-13-7-3-1-4-8-13;6-4-5-2-1-3-7-5/h1-12H;1-4H. The summed E-state index contributed by atoms with van der Waals surface area (Å²) >= 11 is 0. The summed E-state index contributed by atoms with van der Waals surface area (Å²) in [5, 5.41) is 0. The predicted octanol–water partition coefficient (Wildman–Crippen LogP) is 4.67. The number of carbonyl (C=O) groups is 2. The zero-order chi connectivity index (χ0) is 16.3. The lowest BCUT2D eigenvalue weighted by Gasteiger charge is -1.94. The number of hydrogen-bond acceptors (Lipinski definition) is 3. The molecule has 3 heteroatoms. The van der Waals surface area contributed by atoms with Crippen LogP contribution in [0.5, 0.6) is 0 Å². The summed E-state index contributed by atoms with van der Waals surface area (Å²) in [6.45, 7) is 0. The van der Waals surface area contributed by atoms with Gasteiger partial charge in [-0.25, -0.2) is 0 Å². The summed E-state index contributed by atoms with van der Waals surface area (Å²) in [5.74, 6) is 0.407. The second-order valence-electron chi connectivity index (χ2n) is 4.61. The zero-order valence-electron chi connectivity index (χ0n) is 12.5. The summed E-state index contributed by atoms with van der Waals surface area (Å²) < 4.78 is 4.61. The summed E-state index contributed by atoms with van der Waals surface area (Å²) in [4.78, 5) is 21.5. The van der Waals surface area contributed by atoms with Gasteiger partial charge in [-0.1, -0.05) is 66.7 Å². The number of allylic oxidation sites excluding steroid dienone is 1. The minimum Gasteiger partial charge on any atom is -0.462 e. The van der Waals surface area contributed by atoms with Crippen LogP contribution in [0.3, 0.4) is 0 Å². The molecule has 114 valence electrons. The lowest BCUT2D eigenvalue weighted by Crippen LogP contribution is -1.92. The van der Waals surface area contributed by atoms with Crippen molar-refractivity contribution in [3.05, 3.63) is 102 Å². The van der Waals surface area contributed by atoms with Gasteiger partial charge in [0.1, 0.15) is 0 Å². The van der Waals surface area contributed by atoms with Crippen LogP contribution < -0.4 is 0 Å². The molecule has 3 aromatic rings. The highest BCUT2D eigenvalue weighted by Crippen LogP contribution is 2.05. The van der Waals surface area contributed by atoms with E-state index in [2.05, 4.69) is 4.42 Å². The summed E-state index contributed by atoms with van der Waals surface area (Å²) in [7, 11) is 0. The molecular formula is C20H16O3. The molecule has 0 fully saturated rings. The van der Waals surface area contributed by atoms with Crippen molar-refractivity contribution in [2.24, 2.45) is 0 Å². The molecule has 2 aromatic carbocycles. The maximum atomic E-state index is 11.7. The Morgan fingerprint density at radius 3 is 2.00 bits per heavy atom. The van der Waals surface area contributed by atoms with Crippen molar-refractivity contribution in [3.63, 3.8) is 0 Å². The molecule has 0 aliphatic heterocycles. The first-order chi connectivity index (χ1) is 11.3. The van der Waals surface area contributed by atoms with Crippen molar-refractivity contribution in [3.8, 4) is 0 Å². The third kappa shape index (κ3) is 5.59. The van der Waals surface area contributed by atoms with Crippen molar-refractivity contribution in [1.29, 1.82) is 0 Å². The van der Waals surface area contributed by atoms with Crippen LogP contribution in [0.4, 0.5) is 0 Å². The summed E-state index contributed by atoms with van der Waals surface area (Å²) in [6.07, 6.45) is 5.56. The van der Waals surface area contributed by atoms with E-state index in [4.69, 9.17) is 0 Å². The molecule has 0 saturated carbocycles. The van der Waals surface area contributed by atoms with Crippen LogP contribution in [0.2, 0.25) is 0 Å². The van der Waals surface area contributed by atoms with Crippen LogP contribution in [-0.2, 0) is 0 Å². The van der Waals surface area contributed by atoms with Gasteiger partial charge < -0.3 is 4.42 Å². The Hall–Kier alpha value is -3.20. The molecule has 0 radical (unpaired) electrons. The molecule has 23 heavy (non-hydrogen) atoms. The minimum atomic E-state index is 0.0319. The van der Waals surface area contributed by atoms with E-state index in [9.17, 15) is 9.59 Å². The first kappa shape index (κ1) is 16.2. The van der Waals surface area contributed by atoms with E-state index in [0.717, 1.165) is 11.1 Å². The molecule has 0 spiro atoms. The lowest BCUT2D eigenvalue weighted by molar-refractivity contribution is 0.104. The van der Waals surface area contributed by atoms with Gasteiger partial charge in [0, 0.05) is 5.56 Å². The predicted molar refractivity (Wildman–Crippen MR) is 90.3 cm³/mol. The minimum absolute atomic E-state index is 0.0319. The maximum absolute atomic E-state index is 11.7. The number of ketones is 1. The second kappa shape index (κ2) is 8.95. The number of benzene rings is 2. The fraction of sp³-hybridized carbons (Fsp3) is 0. The molecule has 1 aromatic heterocycles. The molecule has 0 saturated heterocycles. The Morgan fingerprint density at radius 1 is 0.826 bits per heavy atom. The van der Waals surface area contributed by atoms with Gasteiger partial charge in [-0.15, -0.1) is 0 Å². The van der Waals surface area contributed by atoms with Gasteiger partial charge in [-0.05, 0) is 23.8 Å². The molecule has 1 heterocycles. The molecule has 0 bridgehead atoms. The van der Waals surface area contributed by atoms with E-state index in [1.807, 2.05) is 66.7 Å². The van der Waals surface area contributed by atoms with Crippen LogP contribution in [-0.4, -0.2) is 12.1 Å². The van der Waals surface area contributed by atoms with Gasteiger partial charge in [-0.3, -0.25) is 9.59 Å². The average Bonchev–Trinajstić information content (AvgIpc) is 3.16. The molecule has 3 nitrogen and oxygen atoms in total. The number of hydrogen-bond donors (Lipinski definition) is 0. The Labute approximate surface area is 134 Å². The highest BCUT2D eigenvalue weighted by molar-refractivity contribution is 6.06. The van der Waals surface area contributed by atoms with Crippen LogP contribution in [0.25, 0.3) is 6.08 Å². The van der Waals surface area contributed by atoms with Crippen molar-refractivity contribution >= 4 is 18.1 Å². The van der Waals surface area contributed by atoms with E-state index in [1.165, 1.54) is 6.26 Å². The van der Waals surface area contributed by atoms with Gasteiger partial charge in [0.25, 0.3) is 0 Å². The van der Waals surface area contributed by atoms with Gasteiger partial charge >= 0.3 is 0 Å². The largest absolute Gasteiger partial charge is 0.462 e. The number of rotatable bonds is 4. The van der Waals surface area contributed by atoms with E-state index < -0.39 is 0 Å². The molecule has 0 aliphatic rings.